The lowest BCUT2D eigenvalue weighted by molar-refractivity contribution is -0.122. The highest BCUT2D eigenvalue weighted by atomic mass is 79.9. The molecule has 1 heterocycles. The smallest absolute Gasteiger partial charge is 0.335 e. The Kier molecular flexibility index (Phi) is 7.13. The van der Waals surface area contributed by atoms with Crippen LogP contribution in [0.15, 0.2) is 81.2 Å². The molecule has 1 fully saturated rings. The Hall–Kier alpha value is -3.76. The summed E-state index contributed by atoms with van der Waals surface area (Å²) in [6, 6.07) is 17.1. The van der Waals surface area contributed by atoms with Crippen LogP contribution in [0, 0.1) is 0 Å². The van der Waals surface area contributed by atoms with Gasteiger partial charge in [0.25, 0.3) is 11.8 Å². The standard InChI is InChI=1S/C25H16Br2N2O6/c26-17-10-16(21(20(27)12-17)35-13-14-6-8-15(9-7-14)24(32)33)11-19-22(30)28-25(34)29(23(19)31)18-4-2-1-3-5-18/h1-12H,13H2,(H,32,33)(H,28,30,34)/b19-11+. The maximum atomic E-state index is 13.2. The van der Waals surface area contributed by atoms with Crippen molar-refractivity contribution in [2.24, 2.45) is 0 Å². The number of anilines is 1. The summed E-state index contributed by atoms with van der Waals surface area (Å²) in [5, 5.41) is 11.3. The molecule has 0 radical (unpaired) electrons. The fourth-order valence-electron chi connectivity index (χ4n) is 3.36. The summed E-state index contributed by atoms with van der Waals surface area (Å²) >= 11 is 6.84. The second-order valence-corrected chi connectivity index (χ2v) is 9.16. The van der Waals surface area contributed by atoms with Crippen LogP contribution >= 0.6 is 31.9 Å². The second kappa shape index (κ2) is 10.2. The number of carboxylic acids is 1. The van der Waals surface area contributed by atoms with Crippen LogP contribution in [-0.4, -0.2) is 28.9 Å². The first kappa shape index (κ1) is 24.4. The zero-order valence-corrected chi connectivity index (χ0v) is 21.0. The average Bonchev–Trinajstić information content (AvgIpc) is 2.82. The number of para-hydroxylation sites is 1. The summed E-state index contributed by atoms with van der Waals surface area (Å²) < 4.78 is 7.19. The molecule has 2 N–H and O–H groups in total. The van der Waals surface area contributed by atoms with E-state index in [1.165, 1.54) is 18.2 Å². The lowest BCUT2D eigenvalue weighted by atomic mass is 10.1. The molecule has 1 saturated heterocycles. The SMILES string of the molecule is O=C1NC(=O)N(c2ccccc2)C(=O)/C1=C/c1cc(Br)cc(Br)c1OCc1ccc(C(=O)O)cc1. The minimum Gasteiger partial charge on any atom is -0.487 e. The molecular formula is C25H16Br2N2O6. The van der Waals surface area contributed by atoms with Crippen molar-refractivity contribution in [1.29, 1.82) is 0 Å². The number of amides is 4. The van der Waals surface area contributed by atoms with Crippen LogP contribution in [0.3, 0.4) is 0 Å². The van der Waals surface area contributed by atoms with Gasteiger partial charge < -0.3 is 9.84 Å². The fraction of sp³-hybridized carbons (Fsp3) is 0.0400. The molecule has 1 aliphatic rings. The van der Waals surface area contributed by atoms with Gasteiger partial charge in [-0.2, -0.15) is 0 Å². The van der Waals surface area contributed by atoms with Crippen LogP contribution in [-0.2, 0) is 16.2 Å². The third-order valence-corrected chi connectivity index (χ3v) is 6.08. The van der Waals surface area contributed by atoms with Crippen LogP contribution < -0.4 is 15.0 Å². The number of imide groups is 2. The van der Waals surface area contributed by atoms with Crippen molar-refractivity contribution >= 4 is 67.4 Å². The third kappa shape index (κ3) is 5.33. The van der Waals surface area contributed by atoms with E-state index < -0.39 is 23.8 Å². The first-order chi connectivity index (χ1) is 16.7. The number of rotatable bonds is 6. The number of aromatic carboxylic acids is 1. The van der Waals surface area contributed by atoms with E-state index in [1.807, 2.05) is 0 Å². The van der Waals surface area contributed by atoms with Gasteiger partial charge in [-0.25, -0.2) is 14.5 Å². The van der Waals surface area contributed by atoms with Gasteiger partial charge in [0, 0.05) is 10.0 Å². The second-order valence-electron chi connectivity index (χ2n) is 7.39. The number of ether oxygens (including phenoxy) is 1. The van der Waals surface area contributed by atoms with Gasteiger partial charge in [-0.15, -0.1) is 0 Å². The van der Waals surface area contributed by atoms with E-state index in [0.29, 0.717) is 25.9 Å². The topological polar surface area (TPSA) is 113 Å². The molecule has 1 aliphatic heterocycles. The summed E-state index contributed by atoms with van der Waals surface area (Å²) in [6.45, 7) is 0.102. The molecule has 0 aromatic heterocycles. The van der Waals surface area contributed by atoms with E-state index in [-0.39, 0.29) is 17.7 Å². The van der Waals surface area contributed by atoms with Crippen LogP contribution in [0.1, 0.15) is 21.5 Å². The van der Waals surface area contributed by atoms with Gasteiger partial charge in [0.2, 0.25) is 0 Å². The van der Waals surface area contributed by atoms with Crippen molar-refractivity contribution in [3.63, 3.8) is 0 Å². The number of carboxylic acid groups (broad SMARTS) is 1. The Bertz CT molecular complexity index is 1370. The van der Waals surface area contributed by atoms with Gasteiger partial charge in [0.15, 0.2) is 0 Å². The number of carbonyl (C=O) groups is 4. The van der Waals surface area contributed by atoms with Crippen molar-refractivity contribution in [3.8, 4) is 5.75 Å². The van der Waals surface area contributed by atoms with Crippen molar-refractivity contribution in [2.45, 2.75) is 6.61 Å². The molecule has 0 saturated carbocycles. The van der Waals surface area contributed by atoms with Gasteiger partial charge in [-0.3, -0.25) is 14.9 Å². The van der Waals surface area contributed by atoms with E-state index >= 15 is 0 Å². The molecule has 3 aromatic rings. The van der Waals surface area contributed by atoms with Crippen LogP contribution in [0.5, 0.6) is 5.75 Å². The molecule has 35 heavy (non-hydrogen) atoms. The number of nitrogens with one attached hydrogen (secondary N) is 1. The molecule has 176 valence electrons. The Balaban J connectivity index is 1.67. The van der Waals surface area contributed by atoms with Crippen molar-refractivity contribution in [1.82, 2.24) is 5.32 Å². The number of carbonyl (C=O) groups excluding carboxylic acids is 3. The molecule has 0 spiro atoms. The Morgan fingerprint density at radius 1 is 1.00 bits per heavy atom. The van der Waals surface area contributed by atoms with Crippen LogP contribution in [0.25, 0.3) is 6.08 Å². The number of hydrogen-bond donors (Lipinski definition) is 2. The van der Waals surface area contributed by atoms with E-state index in [9.17, 15) is 19.2 Å². The Morgan fingerprint density at radius 3 is 2.34 bits per heavy atom. The summed E-state index contributed by atoms with van der Waals surface area (Å²) in [7, 11) is 0. The number of halogens is 2. The minimum atomic E-state index is -1.03. The lowest BCUT2D eigenvalue weighted by Crippen LogP contribution is -2.54. The molecule has 3 aromatic carbocycles. The predicted octanol–water partition coefficient (Wildman–Crippen LogP) is 5.16. The number of barbiturate groups is 1. The summed E-state index contributed by atoms with van der Waals surface area (Å²) in [4.78, 5) is 50.1. The summed E-state index contributed by atoms with van der Waals surface area (Å²) in [6.07, 6.45) is 1.36. The highest BCUT2D eigenvalue weighted by molar-refractivity contribution is 9.11. The molecule has 0 atom stereocenters. The van der Waals surface area contributed by atoms with Crippen molar-refractivity contribution < 1.29 is 29.0 Å². The van der Waals surface area contributed by atoms with Gasteiger partial charge in [-0.05, 0) is 64.0 Å². The molecule has 10 heteroatoms. The number of benzene rings is 3. The van der Waals surface area contributed by atoms with Gasteiger partial charge in [0.1, 0.15) is 17.9 Å². The molecular weight excluding hydrogens is 584 g/mol. The molecule has 0 unspecified atom stereocenters. The Morgan fingerprint density at radius 2 is 1.69 bits per heavy atom. The number of nitrogens with zero attached hydrogens (tertiary/aromatic N) is 1. The molecule has 4 amide bonds. The van der Waals surface area contributed by atoms with E-state index in [1.54, 1.807) is 54.6 Å². The monoisotopic (exact) mass is 598 g/mol. The highest BCUT2D eigenvalue weighted by Crippen LogP contribution is 2.35. The average molecular weight is 600 g/mol. The van der Waals surface area contributed by atoms with E-state index in [4.69, 9.17) is 9.84 Å². The third-order valence-electron chi connectivity index (χ3n) is 5.04. The normalized spacial score (nSPS) is 14.7. The summed E-state index contributed by atoms with van der Waals surface area (Å²) in [5.41, 5.74) is 1.37. The highest BCUT2D eigenvalue weighted by Gasteiger charge is 2.37. The van der Waals surface area contributed by atoms with E-state index in [0.717, 1.165) is 10.5 Å². The van der Waals surface area contributed by atoms with Gasteiger partial charge in [0.05, 0.1) is 15.7 Å². The largest absolute Gasteiger partial charge is 0.487 e. The fourth-order valence-corrected chi connectivity index (χ4v) is 4.74. The maximum Gasteiger partial charge on any atom is 0.335 e. The van der Waals surface area contributed by atoms with Crippen LogP contribution in [0.4, 0.5) is 10.5 Å². The maximum absolute atomic E-state index is 13.2. The van der Waals surface area contributed by atoms with Crippen molar-refractivity contribution in [3.05, 3.63) is 97.9 Å². The van der Waals surface area contributed by atoms with Crippen molar-refractivity contribution in [2.75, 3.05) is 4.90 Å². The van der Waals surface area contributed by atoms with E-state index in [2.05, 4.69) is 37.2 Å². The minimum absolute atomic E-state index is 0.102. The first-order valence-corrected chi connectivity index (χ1v) is 11.7. The molecule has 0 bridgehead atoms. The summed E-state index contributed by atoms with van der Waals surface area (Å²) in [5.74, 6) is -2.26. The molecule has 4 rings (SSSR count). The quantitative estimate of drug-likeness (QED) is 0.299. The van der Waals surface area contributed by atoms with Crippen LogP contribution in [0.2, 0.25) is 0 Å². The zero-order valence-electron chi connectivity index (χ0n) is 17.8. The zero-order chi connectivity index (χ0) is 25.1. The molecule has 0 aliphatic carbocycles. The number of hydrogen-bond acceptors (Lipinski definition) is 5. The lowest BCUT2D eigenvalue weighted by Gasteiger charge is -2.26. The Labute approximate surface area is 216 Å². The number of urea groups is 1. The van der Waals surface area contributed by atoms with Gasteiger partial charge >= 0.3 is 12.0 Å². The first-order valence-electron chi connectivity index (χ1n) is 10.1. The predicted molar refractivity (Wildman–Crippen MR) is 135 cm³/mol. The van der Waals surface area contributed by atoms with Gasteiger partial charge in [-0.1, -0.05) is 46.3 Å². The molecule has 8 nitrogen and oxygen atoms in total.